The van der Waals surface area contributed by atoms with Crippen LogP contribution in [0, 0.1) is 17.5 Å². The highest BCUT2D eigenvalue weighted by molar-refractivity contribution is 9.10. The average molecular weight is 317 g/mol. The minimum atomic E-state index is -1.68. The zero-order valence-electron chi connectivity index (χ0n) is 9.00. The number of hydrogen-bond acceptors (Lipinski definition) is 1. The summed E-state index contributed by atoms with van der Waals surface area (Å²) in [7, 11) is 0. The highest BCUT2D eigenvalue weighted by Crippen LogP contribution is 2.30. The van der Waals surface area contributed by atoms with Crippen LogP contribution < -0.4 is 0 Å². The Morgan fingerprint density at radius 3 is 2.06 bits per heavy atom. The summed E-state index contributed by atoms with van der Waals surface area (Å²) in [5, 5.41) is 9.89. The third kappa shape index (κ3) is 2.42. The molecule has 94 valence electrons. The Hall–Kier alpha value is -1.33. The van der Waals surface area contributed by atoms with Crippen molar-refractivity contribution in [2.75, 3.05) is 0 Å². The molecule has 0 amide bonds. The van der Waals surface area contributed by atoms with Crippen molar-refractivity contribution in [2.45, 2.75) is 6.10 Å². The molecule has 0 bridgehead atoms. The first-order chi connectivity index (χ1) is 8.50. The topological polar surface area (TPSA) is 20.2 Å². The van der Waals surface area contributed by atoms with Gasteiger partial charge in [0.1, 0.15) is 23.6 Å². The highest BCUT2D eigenvalue weighted by atomic mass is 79.9. The van der Waals surface area contributed by atoms with Gasteiger partial charge in [0.2, 0.25) is 0 Å². The summed E-state index contributed by atoms with van der Waals surface area (Å²) in [6.07, 6.45) is -1.68. The van der Waals surface area contributed by atoms with Gasteiger partial charge < -0.3 is 5.11 Å². The maximum absolute atomic E-state index is 13.6. The summed E-state index contributed by atoms with van der Waals surface area (Å²) in [5.74, 6) is -2.58. The number of rotatable bonds is 2. The Kier molecular flexibility index (Phi) is 3.73. The van der Waals surface area contributed by atoms with Gasteiger partial charge in [0.15, 0.2) is 0 Å². The van der Waals surface area contributed by atoms with Crippen LogP contribution in [-0.4, -0.2) is 5.11 Å². The fourth-order valence-electron chi connectivity index (χ4n) is 1.67. The molecule has 0 fully saturated rings. The molecule has 0 radical (unpaired) electrons. The van der Waals surface area contributed by atoms with Gasteiger partial charge in [0.05, 0.1) is 5.56 Å². The molecule has 18 heavy (non-hydrogen) atoms. The summed E-state index contributed by atoms with van der Waals surface area (Å²) >= 11 is 2.93. The van der Waals surface area contributed by atoms with Gasteiger partial charge in [-0.2, -0.15) is 0 Å². The molecule has 0 saturated carbocycles. The first-order valence-electron chi connectivity index (χ1n) is 5.07. The van der Waals surface area contributed by atoms with Gasteiger partial charge in [-0.15, -0.1) is 0 Å². The lowest BCUT2D eigenvalue weighted by Crippen LogP contribution is -2.07. The molecule has 1 nitrogen and oxygen atoms in total. The number of aliphatic hydroxyl groups is 1. The summed E-state index contributed by atoms with van der Waals surface area (Å²) in [6, 6.07) is 7.34. The van der Waals surface area contributed by atoms with Crippen molar-refractivity contribution < 1.29 is 18.3 Å². The number of halogens is 4. The molecular weight excluding hydrogens is 309 g/mol. The summed E-state index contributed by atoms with van der Waals surface area (Å²) < 4.78 is 40.9. The van der Waals surface area contributed by atoms with Crippen LogP contribution in [0.3, 0.4) is 0 Å². The Morgan fingerprint density at radius 2 is 1.50 bits per heavy atom. The normalized spacial score (nSPS) is 12.5. The molecule has 0 aromatic heterocycles. The van der Waals surface area contributed by atoms with Crippen LogP contribution >= 0.6 is 15.9 Å². The minimum Gasteiger partial charge on any atom is -0.383 e. The first kappa shape index (κ1) is 13.1. The Balaban J connectivity index is 2.53. The van der Waals surface area contributed by atoms with E-state index in [1.54, 1.807) is 0 Å². The molecule has 2 aromatic rings. The van der Waals surface area contributed by atoms with Gasteiger partial charge in [0, 0.05) is 10.0 Å². The van der Waals surface area contributed by atoms with Crippen molar-refractivity contribution in [1.82, 2.24) is 0 Å². The van der Waals surface area contributed by atoms with Crippen molar-refractivity contribution in [3.63, 3.8) is 0 Å². The van der Waals surface area contributed by atoms with Crippen LogP contribution in [0.4, 0.5) is 13.2 Å². The maximum Gasteiger partial charge on any atom is 0.133 e. The summed E-state index contributed by atoms with van der Waals surface area (Å²) in [5.41, 5.74) is -0.735. The smallest absolute Gasteiger partial charge is 0.133 e. The number of benzene rings is 2. The predicted octanol–water partition coefficient (Wildman–Crippen LogP) is 3.95. The Bertz CT molecular complexity index is 563. The third-order valence-corrected chi connectivity index (χ3v) is 2.97. The average Bonchev–Trinajstić information content (AvgIpc) is 2.27. The molecule has 0 aliphatic rings. The highest BCUT2D eigenvalue weighted by Gasteiger charge is 2.22. The molecule has 5 heteroatoms. The van der Waals surface area contributed by atoms with Crippen molar-refractivity contribution in [3.05, 3.63) is 69.4 Å². The number of aliphatic hydroxyl groups excluding tert-OH is 1. The fraction of sp³-hybridized carbons (Fsp3) is 0.0769. The standard InChI is InChI=1S/C13H8BrF3O/c14-7-5-10(16)12(11(17)6-7)13(18)8-3-1-2-4-9(8)15/h1-6,13,18H. The van der Waals surface area contributed by atoms with E-state index in [-0.39, 0.29) is 10.0 Å². The van der Waals surface area contributed by atoms with Gasteiger partial charge in [-0.1, -0.05) is 34.1 Å². The van der Waals surface area contributed by atoms with Crippen molar-refractivity contribution in [1.29, 1.82) is 0 Å². The molecule has 0 spiro atoms. The molecule has 0 saturated heterocycles. The Labute approximate surface area is 110 Å². The molecule has 0 aliphatic heterocycles. The second-order valence-electron chi connectivity index (χ2n) is 3.71. The molecule has 0 aliphatic carbocycles. The van der Waals surface area contributed by atoms with Gasteiger partial charge >= 0.3 is 0 Å². The van der Waals surface area contributed by atoms with Gasteiger partial charge in [-0.3, -0.25) is 0 Å². The first-order valence-corrected chi connectivity index (χ1v) is 5.87. The van der Waals surface area contributed by atoms with Crippen molar-refractivity contribution >= 4 is 15.9 Å². The Morgan fingerprint density at radius 1 is 0.944 bits per heavy atom. The molecule has 1 atom stereocenters. The largest absolute Gasteiger partial charge is 0.383 e. The fourth-order valence-corrected chi connectivity index (χ4v) is 2.07. The quantitative estimate of drug-likeness (QED) is 0.889. The van der Waals surface area contributed by atoms with Crippen LogP contribution in [0.15, 0.2) is 40.9 Å². The second kappa shape index (κ2) is 5.12. The lowest BCUT2D eigenvalue weighted by atomic mass is 10.00. The van der Waals surface area contributed by atoms with E-state index in [2.05, 4.69) is 15.9 Å². The van der Waals surface area contributed by atoms with Gasteiger partial charge in [-0.05, 0) is 18.2 Å². The van der Waals surface area contributed by atoms with Crippen LogP contribution in [0.2, 0.25) is 0 Å². The van der Waals surface area contributed by atoms with Crippen LogP contribution in [-0.2, 0) is 0 Å². The van der Waals surface area contributed by atoms with Crippen molar-refractivity contribution in [3.8, 4) is 0 Å². The molecule has 1 N–H and O–H groups in total. The SMILES string of the molecule is OC(c1ccccc1F)c1c(F)cc(Br)cc1F. The molecule has 1 unspecified atom stereocenters. The van der Waals surface area contributed by atoms with E-state index in [0.29, 0.717) is 0 Å². The van der Waals surface area contributed by atoms with Crippen LogP contribution in [0.25, 0.3) is 0 Å². The lowest BCUT2D eigenvalue weighted by molar-refractivity contribution is 0.204. The van der Waals surface area contributed by atoms with Gasteiger partial charge in [0.25, 0.3) is 0 Å². The molecule has 2 aromatic carbocycles. The molecular formula is C13H8BrF3O. The van der Waals surface area contributed by atoms with Crippen molar-refractivity contribution in [2.24, 2.45) is 0 Å². The second-order valence-corrected chi connectivity index (χ2v) is 4.62. The van der Waals surface area contributed by atoms with E-state index in [0.717, 1.165) is 18.2 Å². The van der Waals surface area contributed by atoms with Crippen LogP contribution in [0.5, 0.6) is 0 Å². The van der Waals surface area contributed by atoms with E-state index < -0.39 is 29.1 Å². The van der Waals surface area contributed by atoms with Crippen LogP contribution in [0.1, 0.15) is 17.2 Å². The zero-order chi connectivity index (χ0) is 13.3. The zero-order valence-corrected chi connectivity index (χ0v) is 10.6. The monoisotopic (exact) mass is 316 g/mol. The summed E-state index contributed by atoms with van der Waals surface area (Å²) in [4.78, 5) is 0. The predicted molar refractivity (Wildman–Crippen MR) is 64.5 cm³/mol. The molecule has 2 rings (SSSR count). The third-order valence-electron chi connectivity index (χ3n) is 2.52. The number of hydrogen-bond donors (Lipinski definition) is 1. The van der Waals surface area contributed by atoms with E-state index >= 15 is 0 Å². The lowest BCUT2D eigenvalue weighted by Gasteiger charge is -2.14. The van der Waals surface area contributed by atoms with E-state index in [9.17, 15) is 18.3 Å². The minimum absolute atomic E-state index is 0.169. The van der Waals surface area contributed by atoms with E-state index in [1.807, 2.05) is 0 Å². The van der Waals surface area contributed by atoms with Gasteiger partial charge in [-0.25, -0.2) is 13.2 Å². The van der Waals surface area contributed by atoms with E-state index in [1.165, 1.54) is 18.2 Å². The maximum atomic E-state index is 13.6. The molecule has 0 heterocycles. The van der Waals surface area contributed by atoms with E-state index in [4.69, 9.17) is 0 Å². The summed E-state index contributed by atoms with van der Waals surface area (Å²) in [6.45, 7) is 0.